The summed E-state index contributed by atoms with van der Waals surface area (Å²) in [5.41, 5.74) is -1.20. The molecule has 8 nitrogen and oxygen atoms in total. The summed E-state index contributed by atoms with van der Waals surface area (Å²) in [7, 11) is 0. The first-order chi connectivity index (χ1) is 9.49. The molecule has 2 heterocycles. The standard InChI is InChI=1S/C11H13BrN2O6/c12-2-1-5-3-14(11(19)13-9(5)18)10-8(17)7(16)6(4-15)20-10/h1-3,6-8,10,15-17H,4H2,(H,13,18,19)/b2-1-/t6-,7?,8?,10-/m1/s1. The van der Waals surface area contributed by atoms with Gasteiger partial charge in [-0.05, 0) is 11.1 Å². The molecule has 1 aliphatic rings. The third kappa shape index (κ3) is 2.63. The Kier molecular flexibility index (Phi) is 4.55. The highest BCUT2D eigenvalue weighted by Crippen LogP contribution is 2.27. The van der Waals surface area contributed by atoms with Crippen LogP contribution >= 0.6 is 15.9 Å². The largest absolute Gasteiger partial charge is 0.394 e. The Morgan fingerprint density at radius 3 is 2.65 bits per heavy atom. The van der Waals surface area contributed by atoms with Gasteiger partial charge in [0.05, 0.1) is 12.2 Å². The molecule has 0 bridgehead atoms. The van der Waals surface area contributed by atoms with Crippen LogP contribution < -0.4 is 11.2 Å². The van der Waals surface area contributed by atoms with E-state index in [2.05, 4.69) is 20.9 Å². The number of ether oxygens (including phenoxy) is 1. The Hall–Kier alpha value is -1.26. The molecule has 1 saturated heterocycles. The van der Waals surface area contributed by atoms with E-state index in [9.17, 15) is 19.8 Å². The molecule has 2 unspecified atom stereocenters. The number of nitrogens with one attached hydrogen (secondary N) is 1. The molecular weight excluding hydrogens is 336 g/mol. The van der Waals surface area contributed by atoms with Crippen LogP contribution in [0, 0.1) is 0 Å². The van der Waals surface area contributed by atoms with Crippen molar-refractivity contribution in [3.63, 3.8) is 0 Å². The maximum absolute atomic E-state index is 11.8. The summed E-state index contributed by atoms with van der Waals surface area (Å²) < 4.78 is 6.20. The SMILES string of the molecule is O=c1[nH]c(=O)n([C@@H]2O[C@H](CO)C(O)C2O)cc1/C=C\Br. The number of aliphatic hydroxyl groups is 3. The molecule has 1 aromatic rings. The second-order valence-electron chi connectivity index (χ2n) is 4.27. The molecule has 0 saturated carbocycles. The van der Waals surface area contributed by atoms with Crippen molar-refractivity contribution < 1.29 is 20.1 Å². The molecule has 9 heteroatoms. The second kappa shape index (κ2) is 6.02. The Labute approximate surface area is 121 Å². The Bertz CT molecular complexity index is 624. The van der Waals surface area contributed by atoms with E-state index in [-0.39, 0.29) is 5.56 Å². The lowest BCUT2D eigenvalue weighted by Gasteiger charge is -2.17. The molecule has 0 radical (unpaired) electrons. The number of aromatic amines is 1. The summed E-state index contributed by atoms with van der Waals surface area (Å²) in [6.45, 7) is -0.499. The molecule has 0 aromatic carbocycles. The van der Waals surface area contributed by atoms with Crippen LogP contribution in [0.15, 0.2) is 20.8 Å². The molecule has 4 N–H and O–H groups in total. The fourth-order valence-corrected chi connectivity index (χ4v) is 2.27. The van der Waals surface area contributed by atoms with Gasteiger partial charge in [0.15, 0.2) is 6.23 Å². The fourth-order valence-electron chi connectivity index (χ4n) is 1.99. The van der Waals surface area contributed by atoms with E-state index in [1.54, 1.807) is 0 Å². The minimum absolute atomic E-state index is 0.166. The molecule has 0 amide bonds. The Morgan fingerprint density at radius 1 is 1.40 bits per heavy atom. The van der Waals surface area contributed by atoms with Gasteiger partial charge in [0, 0.05) is 6.20 Å². The molecule has 0 aliphatic carbocycles. The van der Waals surface area contributed by atoms with E-state index < -0.39 is 42.4 Å². The van der Waals surface area contributed by atoms with Gasteiger partial charge in [0.25, 0.3) is 5.56 Å². The van der Waals surface area contributed by atoms with Crippen molar-refractivity contribution >= 4 is 22.0 Å². The van der Waals surface area contributed by atoms with Gasteiger partial charge in [-0.25, -0.2) is 4.79 Å². The molecule has 4 atom stereocenters. The van der Waals surface area contributed by atoms with Gasteiger partial charge in [0.1, 0.15) is 18.3 Å². The molecule has 1 fully saturated rings. The molecule has 1 aromatic heterocycles. The highest BCUT2D eigenvalue weighted by atomic mass is 79.9. The maximum Gasteiger partial charge on any atom is 0.330 e. The van der Waals surface area contributed by atoms with Crippen molar-refractivity contribution in [1.29, 1.82) is 0 Å². The smallest absolute Gasteiger partial charge is 0.330 e. The lowest BCUT2D eigenvalue weighted by Crippen LogP contribution is -2.38. The lowest BCUT2D eigenvalue weighted by atomic mass is 10.1. The van der Waals surface area contributed by atoms with Gasteiger partial charge >= 0.3 is 5.69 Å². The van der Waals surface area contributed by atoms with E-state index in [1.165, 1.54) is 17.3 Å². The molecule has 1 aliphatic heterocycles. The summed E-state index contributed by atoms with van der Waals surface area (Å²) in [6.07, 6.45) is -2.27. The van der Waals surface area contributed by atoms with Gasteiger partial charge in [-0.2, -0.15) is 0 Å². The van der Waals surface area contributed by atoms with Crippen molar-refractivity contribution in [3.8, 4) is 0 Å². The topological polar surface area (TPSA) is 125 Å². The molecular formula is C11H13BrN2O6. The molecule has 2 rings (SSSR count). The van der Waals surface area contributed by atoms with Gasteiger partial charge in [-0.3, -0.25) is 14.3 Å². The van der Waals surface area contributed by atoms with Crippen LogP contribution in [-0.2, 0) is 4.74 Å². The van der Waals surface area contributed by atoms with Crippen molar-refractivity contribution in [1.82, 2.24) is 9.55 Å². The lowest BCUT2D eigenvalue weighted by molar-refractivity contribution is -0.0550. The predicted octanol–water partition coefficient (Wildman–Crippen LogP) is -1.49. The van der Waals surface area contributed by atoms with Crippen LogP contribution in [0.1, 0.15) is 11.8 Å². The number of hydrogen-bond donors (Lipinski definition) is 4. The first-order valence-corrected chi connectivity index (χ1v) is 6.66. The minimum Gasteiger partial charge on any atom is -0.394 e. The molecule has 0 spiro atoms. The van der Waals surface area contributed by atoms with Crippen molar-refractivity contribution in [2.24, 2.45) is 0 Å². The third-order valence-electron chi connectivity index (χ3n) is 3.03. The monoisotopic (exact) mass is 348 g/mol. The quantitative estimate of drug-likeness (QED) is 0.527. The minimum atomic E-state index is -1.39. The highest BCUT2D eigenvalue weighted by Gasteiger charge is 2.43. The normalized spacial score (nSPS) is 30.2. The Morgan fingerprint density at radius 2 is 2.10 bits per heavy atom. The van der Waals surface area contributed by atoms with Gasteiger partial charge < -0.3 is 20.1 Å². The number of halogens is 1. The van der Waals surface area contributed by atoms with Crippen LogP contribution in [0.3, 0.4) is 0 Å². The second-order valence-corrected chi connectivity index (χ2v) is 4.80. The maximum atomic E-state index is 11.8. The van der Waals surface area contributed by atoms with E-state index in [0.29, 0.717) is 0 Å². The van der Waals surface area contributed by atoms with E-state index in [0.717, 1.165) is 4.57 Å². The molecule has 20 heavy (non-hydrogen) atoms. The third-order valence-corrected chi connectivity index (χ3v) is 3.29. The zero-order valence-corrected chi connectivity index (χ0v) is 11.7. The Balaban J connectivity index is 2.46. The van der Waals surface area contributed by atoms with E-state index >= 15 is 0 Å². The van der Waals surface area contributed by atoms with Crippen LogP contribution in [0.25, 0.3) is 6.08 Å². The summed E-state index contributed by atoms with van der Waals surface area (Å²) in [5.74, 6) is 0. The average Bonchev–Trinajstić information content (AvgIpc) is 2.70. The van der Waals surface area contributed by atoms with Gasteiger partial charge in [-0.15, -0.1) is 0 Å². The van der Waals surface area contributed by atoms with Crippen LogP contribution in [-0.4, -0.2) is 49.8 Å². The first-order valence-electron chi connectivity index (χ1n) is 5.74. The highest BCUT2D eigenvalue weighted by molar-refractivity contribution is 9.11. The van der Waals surface area contributed by atoms with Crippen molar-refractivity contribution in [3.05, 3.63) is 37.6 Å². The molecule has 110 valence electrons. The van der Waals surface area contributed by atoms with Gasteiger partial charge in [-0.1, -0.05) is 15.9 Å². The average molecular weight is 349 g/mol. The van der Waals surface area contributed by atoms with Gasteiger partial charge in [0.2, 0.25) is 0 Å². The zero-order valence-electron chi connectivity index (χ0n) is 10.1. The summed E-state index contributed by atoms with van der Waals surface area (Å²) in [5, 5.41) is 28.5. The number of rotatable bonds is 3. The zero-order chi connectivity index (χ0) is 14.9. The van der Waals surface area contributed by atoms with Crippen LogP contribution in [0.4, 0.5) is 0 Å². The van der Waals surface area contributed by atoms with Crippen molar-refractivity contribution in [2.75, 3.05) is 6.61 Å². The number of aliphatic hydroxyl groups excluding tert-OH is 3. The number of hydrogen-bond acceptors (Lipinski definition) is 6. The first kappa shape index (κ1) is 15.1. The predicted molar refractivity (Wildman–Crippen MR) is 72.3 cm³/mol. The van der Waals surface area contributed by atoms with E-state index in [4.69, 9.17) is 9.84 Å². The number of aromatic nitrogens is 2. The number of nitrogens with zero attached hydrogens (tertiary/aromatic N) is 1. The number of H-pyrrole nitrogens is 1. The van der Waals surface area contributed by atoms with Crippen molar-refractivity contribution in [2.45, 2.75) is 24.5 Å². The van der Waals surface area contributed by atoms with Crippen LogP contribution in [0.2, 0.25) is 0 Å². The summed E-state index contributed by atoms with van der Waals surface area (Å²) in [4.78, 5) is 26.8. The summed E-state index contributed by atoms with van der Waals surface area (Å²) in [6, 6.07) is 0. The fraction of sp³-hybridized carbons (Fsp3) is 0.455. The van der Waals surface area contributed by atoms with Crippen LogP contribution in [0.5, 0.6) is 0 Å². The van der Waals surface area contributed by atoms with E-state index in [1.807, 2.05) is 0 Å². The summed E-state index contributed by atoms with van der Waals surface area (Å²) >= 11 is 3.01.